The van der Waals surface area contributed by atoms with Gasteiger partial charge in [0, 0.05) is 6.54 Å². The van der Waals surface area contributed by atoms with Crippen LogP contribution < -0.4 is 5.32 Å². The number of rotatable bonds is 5. The van der Waals surface area contributed by atoms with Gasteiger partial charge in [-0.3, -0.25) is 0 Å². The first-order valence-electron chi connectivity index (χ1n) is 4.01. The first-order valence-corrected chi connectivity index (χ1v) is 4.01. The molecule has 0 spiro atoms. The summed E-state index contributed by atoms with van der Waals surface area (Å²) in [6, 6.07) is 0. The Balaban J connectivity index is 2.91. The summed E-state index contributed by atoms with van der Waals surface area (Å²) >= 11 is 0. The molecule has 0 aliphatic heterocycles. The predicted molar refractivity (Wildman–Crippen MR) is 44.0 cm³/mol. The van der Waals surface area contributed by atoms with Gasteiger partial charge in [-0.1, -0.05) is 13.8 Å². The van der Waals surface area contributed by atoms with Crippen molar-refractivity contribution in [3.05, 3.63) is 0 Å². The lowest BCUT2D eigenvalue weighted by molar-refractivity contribution is 0.191. The van der Waals surface area contributed by atoms with Crippen LogP contribution in [0.15, 0.2) is 0 Å². The van der Waals surface area contributed by atoms with Crippen molar-refractivity contribution in [2.45, 2.75) is 33.3 Å². The number of hydrogen-bond acceptors (Lipinski definition) is 2. The molecule has 0 rings (SSSR count). The zero-order valence-corrected chi connectivity index (χ0v) is 7.22. The lowest BCUT2D eigenvalue weighted by Gasteiger charge is -2.07. The molecule has 0 aromatic rings. The number of aliphatic hydroxyl groups excluding tert-OH is 1. The van der Waals surface area contributed by atoms with E-state index in [-0.39, 0.29) is 6.10 Å². The zero-order chi connectivity index (χ0) is 7.98. The molecule has 10 heavy (non-hydrogen) atoms. The van der Waals surface area contributed by atoms with E-state index in [9.17, 15) is 0 Å². The topological polar surface area (TPSA) is 32.3 Å². The average Bonchev–Trinajstić information content (AvgIpc) is 1.79. The van der Waals surface area contributed by atoms with Crippen LogP contribution in [-0.2, 0) is 0 Å². The summed E-state index contributed by atoms with van der Waals surface area (Å²) in [5.74, 6) is 0.751. The molecule has 0 aromatic carbocycles. The van der Waals surface area contributed by atoms with Crippen LogP contribution in [0.3, 0.4) is 0 Å². The summed E-state index contributed by atoms with van der Waals surface area (Å²) in [5.41, 5.74) is 0. The van der Waals surface area contributed by atoms with Crippen molar-refractivity contribution in [3.63, 3.8) is 0 Å². The largest absolute Gasteiger partial charge is 0.392 e. The fourth-order valence-electron chi connectivity index (χ4n) is 0.702. The number of nitrogens with one attached hydrogen (secondary N) is 1. The lowest BCUT2D eigenvalue weighted by atomic mass is 10.1. The van der Waals surface area contributed by atoms with Gasteiger partial charge in [0.1, 0.15) is 0 Å². The molecule has 62 valence electrons. The molecule has 0 radical (unpaired) electrons. The van der Waals surface area contributed by atoms with E-state index in [1.54, 1.807) is 6.92 Å². The Labute approximate surface area is 63.6 Å². The molecule has 0 aliphatic carbocycles. The number of hydrogen-bond donors (Lipinski definition) is 2. The molecule has 0 amide bonds. The third-order valence-corrected chi connectivity index (χ3v) is 1.34. The first kappa shape index (κ1) is 9.92. The smallest absolute Gasteiger partial charge is 0.0636 e. The monoisotopic (exact) mass is 145 g/mol. The standard InChI is InChI=1S/C8H19NO/c1-7(2)4-5-9-6-8(3)10/h7-10H,4-6H2,1-3H3. The van der Waals surface area contributed by atoms with Gasteiger partial charge in [0.15, 0.2) is 0 Å². The van der Waals surface area contributed by atoms with E-state index in [1.807, 2.05) is 0 Å². The van der Waals surface area contributed by atoms with Crippen molar-refractivity contribution >= 4 is 0 Å². The Morgan fingerprint density at radius 2 is 1.90 bits per heavy atom. The molecule has 0 saturated heterocycles. The second kappa shape index (κ2) is 5.69. The Hall–Kier alpha value is -0.0800. The average molecular weight is 145 g/mol. The van der Waals surface area contributed by atoms with Gasteiger partial charge >= 0.3 is 0 Å². The molecule has 0 aliphatic rings. The van der Waals surface area contributed by atoms with Gasteiger partial charge in [-0.15, -0.1) is 0 Å². The SMILES string of the molecule is CC(C)CCNCC(C)O. The van der Waals surface area contributed by atoms with Crippen molar-refractivity contribution in [2.24, 2.45) is 5.92 Å². The minimum absolute atomic E-state index is 0.216. The van der Waals surface area contributed by atoms with Gasteiger partial charge in [0.05, 0.1) is 6.10 Å². The molecule has 0 fully saturated rings. The Morgan fingerprint density at radius 1 is 1.30 bits per heavy atom. The zero-order valence-electron chi connectivity index (χ0n) is 7.22. The molecule has 1 atom stereocenters. The number of aliphatic hydroxyl groups is 1. The summed E-state index contributed by atoms with van der Waals surface area (Å²) in [5, 5.41) is 12.0. The Morgan fingerprint density at radius 3 is 2.30 bits per heavy atom. The van der Waals surface area contributed by atoms with Gasteiger partial charge in [-0.2, -0.15) is 0 Å². The maximum Gasteiger partial charge on any atom is 0.0636 e. The van der Waals surface area contributed by atoms with Crippen LogP contribution in [0.5, 0.6) is 0 Å². The highest BCUT2D eigenvalue weighted by Gasteiger charge is 1.95. The van der Waals surface area contributed by atoms with Crippen LogP contribution in [0.4, 0.5) is 0 Å². The Bertz CT molecular complexity index is 61.7. The summed E-state index contributed by atoms with van der Waals surface area (Å²) in [7, 11) is 0. The van der Waals surface area contributed by atoms with Crippen molar-refractivity contribution < 1.29 is 5.11 Å². The fraction of sp³-hybridized carbons (Fsp3) is 1.00. The third kappa shape index (κ3) is 7.92. The second-order valence-corrected chi connectivity index (χ2v) is 3.24. The maximum atomic E-state index is 8.86. The van der Waals surface area contributed by atoms with Crippen LogP contribution in [0.2, 0.25) is 0 Å². The molecular formula is C8H19NO. The molecule has 0 aromatic heterocycles. The van der Waals surface area contributed by atoms with Crippen molar-refractivity contribution in [1.82, 2.24) is 5.32 Å². The summed E-state index contributed by atoms with van der Waals surface area (Å²) in [4.78, 5) is 0. The van der Waals surface area contributed by atoms with Gasteiger partial charge < -0.3 is 10.4 Å². The van der Waals surface area contributed by atoms with Crippen LogP contribution in [-0.4, -0.2) is 24.3 Å². The molecule has 0 bridgehead atoms. The molecule has 2 nitrogen and oxygen atoms in total. The summed E-state index contributed by atoms with van der Waals surface area (Å²) in [6.45, 7) is 7.92. The van der Waals surface area contributed by atoms with E-state index in [0.717, 1.165) is 12.5 Å². The maximum absolute atomic E-state index is 8.86. The summed E-state index contributed by atoms with van der Waals surface area (Å²) in [6.07, 6.45) is 0.972. The highest BCUT2D eigenvalue weighted by molar-refractivity contribution is 4.54. The lowest BCUT2D eigenvalue weighted by Crippen LogP contribution is -2.25. The predicted octanol–water partition coefficient (Wildman–Crippen LogP) is 1.00. The van der Waals surface area contributed by atoms with Gasteiger partial charge in [0.25, 0.3) is 0 Å². The van der Waals surface area contributed by atoms with E-state index in [1.165, 1.54) is 6.42 Å². The molecule has 0 saturated carbocycles. The second-order valence-electron chi connectivity index (χ2n) is 3.24. The van der Waals surface area contributed by atoms with E-state index in [4.69, 9.17) is 5.11 Å². The van der Waals surface area contributed by atoms with Gasteiger partial charge in [0.2, 0.25) is 0 Å². The van der Waals surface area contributed by atoms with Crippen LogP contribution in [0.25, 0.3) is 0 Å². The van der Waals surface area contributed by atoms with Crippen LogP contribution in [0.1, 0.15) is 27.2 Å². The highest BCUT2D eigenvalue weighted by Crippen LogP contribution is 1.95. The fourth-order valence-corrected chi connectivity index (χ4v) is 0.702. The van der Waals surface area contributed by atoms with Crippen LogP contribution >= 0.6 is 0 Å². The Kier molecular flexibility index (Phi) is 5.64. The molecule has 1 unspecified atom stereocenters. The van der Waals surface area contributed by atoms with Gasteiger partial charge in [-0.05, 0) is 25.8 Å². The first-order chi connectivity index (χ1) is 4.63. The van der Waals surface area contributed by atoms with Gasteiger partial charge in [-0.25, -0.2) is 0 Å². The molecule has 2 heteroatoms. The van der Waals surface area contributed by atoms with Crippen LogP contribution in [0, 0.1) is 5.92 Å². The minimum atomic E-state index is -0.216. The molecule has 2 N–H and O–H groups in total. The van der Waals surface area contributed by atoms with Crippen molar-refractivity contribution in [3.8, 4) is 0 Å². The van der Waals surface area contributed by atoms with E-state index in [2.05, 4.69) is 19.2 Å². The van der Waals surface area contributed by atoms with Crippen molar-refractivity contribution in [2.75, 3.05) is 13.1 Å². The molecule has 0 heterocycles. The summed E-state index contributed by atoms with van der Waals surface area (Å²) < 4.78 is 0. The highest BCUT2D eigenvalue weighted by atomic mass is 16.3. The minimum Gasteiger partial charge on any atom is -0.392 e. The van der Waals surface area contributed by atoms with Crippen molar-refractivity contribution in [1.29, 1.82) is 0 Å². The van der Waals surface area contributed by atoms with E-state index < -0.39 is 0 Å². The normalized spacial score (nSPS) is 14.1. The third-order valence-electron chi connectivity index (χ3n) is 1.34. The quantitative estimate of drug-likeness (QED) is 0.566. The molecular weight excluding hydrogens is 126 g/mol. The van der Waals surface area contributed by atoms with E-state index >= 15 is 0 Å². The van der Waals surface area contributed by atoms with E-state index in [0.29, 0.717) is 6.54 Å².